The molecule has 156 valence electrons. The molecule has 1 saturated heterocycles. The summed E-state index contributed by atoms with van der Waals surface area (Å²) in [5, 5.41) is 3.69. The SMILES string of the molecule is COc1ccc(OC)c(NC(=O)CSc2nc3ccccc3nc2N2CCCC2)c1. The number of thioether (sulfide) groups is 1. The standard InChI is InChI=1S/C22H24N4O3S/c1-28-15-9-10-19(29-2)18(13-15)23-20(27)14-30-22-21(26-11-5-6-12-26)24-16-7-3-4-8-17(16)25-22/h3-4,7-10,13H,5-6,11-12,14H2,1-2H3,(H,23,27). The highest BCUT2D eigenvalue weighted by atomic mass is 32.2. The topological polar surface area (TPSA) is 76.6 Å². The highest BCUT2D eigenvalue weighted by molar-refractivity contribution is 8.00. The highest BCUT2D eigenvalue weighted by Crippen LogP contribution is 2.32. The van der Waals surface area contributed by atoms with Crippen LogP contribution in [0.1, 0.15) is 12.8 Å². The van der Waals surface area contributed by atoms with Crippen LogP contribution < -0.4 is 19.7 Å². The number of nitrogens with zero attached hydrogens (tertiary/aromatic N) is 3. The normalized spacial score (nSPS) is 13.5. The fraction of sp³-hybridized carbons (Fsp3) is 0.318. The lowest BCUT2D eigenvalue weighted by molar-refractivity contribution is -0.113. The Morgan fingerprint density at radius 1 is 1.07 bits per heavy atom. The summed E-state index contributed by atoms with van der Waals surface area (Å²) < 4.78 is 10.6. The third kappa shape index (κ3) is 4.43. The number of anilines is 2. The largest absolute Gasteiger partial charge is 0.497 e. The summed E-state index contributed by atoms with van der Waals surface area (Å²) in [6.45, 7) is 1.93. The number of hydrogen-bond donors (Lipinski definition) is 1. The Bertz CT molecular complexity index is 1050. The van der Waals surface area contributed by atoms with Crippen molar-refractivity contribution in [3.8, 4) is 11.5 Å². The van der Waals surface area contributed by atoms with Crippen LogP contribution in [0.15, 0.2) is 47.5 Å². The number of nitrogens with one attached hydrogen (secondary N) is 1. The van der Waals surface area contributed by atoms with Crippen molar-refractivity contribution in [3.63, 3.8) is 0 Å². The van der Waals surface area contributed by atoms with Crippen LogP contribution in [0.25, 0.3) is 11.0 Å². The minimum atomic E-state index is -0.145. The predicted molar refractivity (Wildman–Crippen MR) is 120 cm³/mol. The number of aromatic nitrogens is 2. The van der Waals surface area contributed by atoms with Gasteiger partial charge in [0.15, 0.2) is 5.82 Å². The van der Waals surface area contributed by atoms with E-state index in [2.05, 4.69) is 10.2 Å². The summed E-state index contributed by atoms with van der Waals surface area (Å²) in [6.07, 6.45) is 2.30. The lowest BCUT2D eigenvalue weighted by atomic mass is 10.2. The summed E-state index contributed by atoms with van der Waals surface area (Å²) in [6, 6.07) is 13.1. The predicted octanol–water partition coefficient (Wildman–Crippen LogP) is 3.98. The molecule has 8 heteroatoms. The van der Waals surface area contributed by atoms with Crippen molar-refractivity contribution in [1.29, 1.82) is 0 Å². The first-order valence-electron chi connectivity index (χ1n) is 9.84. The number of hydrogen-bond acceptors (Lipinski definition) is 7. The van der Waals surface area contributed by atoms with E-state index in [0.717, 1.165) is 47.8 Å². The van der Waals surface area contributed by atoms with E-state index in [9.17, 15) is 4.79 Å². The first-order valence-corrected chi connectivity index (χ1v) is 10.8. The molecule has 1 amide bonds. The van der Waals surface area contributed by atoms with Crippen molar-refractivity contribution in [3.05, 3.63) is 42.5 Å². The molecule has 1 aliphatic rings. The second-order valence-electron chi connectivity index (χ2n) is 6.94. The minimum absolute atomic E-state index is 0.145. The summed E-state index contributed by atoms with van der Waals surface area (Å²) in [5.41, 5.74) is 2.28. The van der Waals surface area contributed by atoms with E-state index in [1.807, 2.05) is 24.3 Å². The lowest BCUT2D eigenvalue weighted by Gasteiger charge is -2.19. The number of ether oxygens (including phenoxy) is 2. The van der Waals surface area contributed by atoms with Crippen LogP contribution in [0.2, 0.25) is 0 Å². The maximum absolute atomic E-state index is 12.7. The molecule has 0 atom stereocenters. The molecule has 2 heterocycles. The third-order valence-electron chi connectivity index (χ3n) is 4.95. The molecule has 0 unspecified atom stereocenters. The van der Waals surface area contributed by atoms with Gasteiger partial charge in [0.1, 0.15) is 16.5 Å². The van der Waals surface area contributed by atoms with Crippen molar-refractivity contribution in [2.75, 3.05) is 43.3 Å². The monoisotopic (exact) mass is 424 g/mol. The Balaban J connectivity index is 1.53. The fourth-order valence-electron chi connectivity index (χ4n) is 3.44. The van der Waals surface area contributed by atoms with Crippen LogP contribution >= 0.6 is 11.8 Å². The number of rotatable bonds is 7. The minimum Gasteiger partial charge on any atom is -0.497 e. The van der Waals surface area contributed by atoms with Gasteiger partial charge in [-0.25, -0.2) is 9.97 Å². The average molecular weight is 425 g/mol. The number of para-hydroxylation sites is 2. The first-order chi connectivity index (χ1) is 14.7. The van der Waals surface area contributed by atoms with Crippen LogP contribution in [0.4, 0.5) is 11.5 Å². The zero-order valence-electron chi connectivity index (χ0n) is 17.1. The molecule has 1 aliphatic heterocycles. The molecule has 1 aromatic heterocycles. The van der Waals surface area contributed by atoms with Crippen LogP contribution in [0.5, 0.6) is 11.5 Å². The Kier molecular flexibility index (Phi) is 6.23. The van der Waals surface area contributed by atoms with E-state index >= 15 is 0 Å². The van der Waals surface area contributed by atoms with Gasteiger partial charge in [-0.15, -0.1) is 0 Å². The van der Waals surface area contributed by atoms with Gasteiger partial charge in [-0.1, -0.05) is 23.9 Å². The quantitative estimate of drug-likeness (QED) is 0.575. The van der Waals surface area contributed by atoms with Gasteiger partial charge < -0.3 is 19.7 Å². The van der Waals surface area contributed by atoms with Gasteiger partial charge in [0, 0.05) is 19.2 Å². The van der Waals surface area contributed by atoms with Gasteiger partial charge in [-0.05, 0) is 37.1 Å². The molecule has 0 aliphatic carbocycles. The van der Waals surface area contributed by atoms with E-state index in [1.54, 1.807) is 32.4 Å². The maximum atomic E-state index is 12.7. The summed E-state index contributed by atoms with van der Waals surface area (Å²) in [7, 11) is 3.15. The number of carbonyl (C=O) groups excluding carboxylic acids is 1. The van der Waals surface area contributed by atoms with Crippen molar-refractivity contribution in [2.24, 2.45) is 0 Å². The van der Waals surface area contributed by atoms with Gasteiger partial charge in [-0.3, -0.25) is 4.79 Å². The maximum Gasteiger partial charge on any atom is 0.234 e. The molecule has 7 nitrogen and oxygen atoms in total. The van der Waals surface area contributed by atoms with Crippen LogP contribution in [0, 0.1) is 0 Å². The van der Waals surface area contributed by atoms with Gasteiger partial charge in [0.05, 0.1) is 36.7 Å². The molecule has 1 fully saturated rings. The smallest absolute Gasteiger partial charge is 0.234 e. The number of carbonyl (C=O) groups is 1. The van der Waals surface area contributed by atoms with Crippen molar-refractivity contribution in [1.82, 2.24) is 9.97 Å². The zero-order chi connectivity index (χ0) is 20.9. The average Bonchev–Trinajstić information content (AvgIpc) is 3.31. The van der Waals surface area contributed by atoms with Crippen molar-refractivity contribution in [2.45, 2.75) is 17.9 Å². The van der Waals surface area contributed by atoms with E-state index in [-0.39, 0.29) is 11.7 Å². The highest BCUT2D eigenvalue weighted by Gasteiger charge is 2.20. The van der Waals surface area contributed by atoms with Crippen molar-refractivity contribution < 1.29 is 14.3 Å². The van der Waals surface area contributed by atoms with Gasteiger partial charge in [-0.2, -0.15) is 0 Å². The molecule has 1 N–H and O–H groups in total. The molecule has 3 aromatic rings. The second-order valence-corrected chi connectivity index (χ2v) is 7.90. The van der Waals surface area contributed by atoms with Crippen LogP contribution in [-0.2, 0) is 4.79 Å². The summed E-state index contributed by atoms with van der Waals surface area (Å²) in [5.74, 6) is 2.17. The van der Waals surface area contributed by atoms with Gasteiger partial charge in [0.2, 0.25) is 5.91 Å². The number of benzene rings is 2. The Morgan fingerprint density at radius 3 is 2.50 bits per heavy atom. The molecular formula is C22H24N4O3S. The van der Waals surface area contributed by atoms with E-state index < -0.39 is 0 Å². The lowest BCUT2D eigenvalue weighted by Crippen LogP contribution is -2.21. The Hall–Kier alpha value is -3.00. The molecule has 0 bridgehead atoms. The molecule has 2 aromatic carbocycles. The van der Waals surface area contributed by atoms with E-state index in [4.69, 9.17) is 19.4 Å². The molecule has 0 radical (unpaired) electrons. The van der Waals surface area contributed by atoms with E-state index in [1.165, 1.54) is 11.8 Å². The molecule has 0 saturated carbocycles. The van der Waals surface area contributed by atoms with Gasteiger partial charge >= 0.3 is 0 Å². The fourth-order valence-corrected chi connectivity index (χ4v) is 4.24. The molecular weight excluding hydrogens is 400 g/mol. The zero-order valence-corrected chi connectivity index (χ0v) is 17.9. The Morgan fingerprint density at radius 2 is 1.80 bits per heavy atom. The summed E-state index contributed by atoms with van der Waals surface area (Å²) >= 11 is 1.40. The number of methoxy groups -OCH3 is 2. The van der Waals surface area contributed by atoms with Crippen LogP contribution in [-0.4, -0.2) is 48.9 Å². The second kappa shape index (κ2) is 9.21. The van der Waals surface area contributed by atoms with Gasteiger partial charge in [0.25, 0.3) is 0 Å². The molecule has 30 heavy (non-hydrogen) atoms. The summed E-state index contributed by atoms with van der Waals surface area (Å²) in [4.78, 5) is 24.6. The molecule has 0 spiro atoms. The number of fused-ring (bicyclic) bond motifs is 1. The number of amides is 1. The van der Waals surface area contributed by atoms with E-state index in [0.29, 0.717) is 17.2 Å². The first kappa shape index (κ1) is 20.3. The Labute approximate surface area is 179 Å². The molecule has 4 rings (SSSR count). The van der Waals surface area contributed by atoms with Crippen molar-refractivity contribution >= 4 is 40.2 Å². The third-order valence-corrected chi connectivity index (χ3v) is 5.90. The van der Waals surface area contributed by atoms with Crippen LogP contribution in [0.3, 0.4) is 0 Å².